The van der Waals surface area contributed by atoms with E-state index < -0.39 is 6.04 Å². The summed E-state index contributed by atoms with van der Waals surface area (Å²) in [4.78, 5) is 28.0. The van der Waals surface area contributed by atoms with Crippen molar-refractivity contribution >= 4 is 28.7 Å². The molecule has 0 saturated carbocycles. The quantitative estimate of drug-likeness (QED) is 0.603. The van der Waals surface area contributed by atoms with E-state index in [4.69, 9.17) is 0 Å². The molecule has 0 aliphatic heterocycles. The number of thiophene rings is 1. The molecule has 0 aliphatic rings. The minimum absolute atomic E-state index is 0.0273. The van der Waals surface area contributed by atoms with Gasteiger partial charge in [-0.25, -0.2) is 0 Å². The molecule has 0 bridgehead atoms. The van der Waals surface area contributed by atoms with Gasteiger partial charge in [-0.2, -0.15) is 0 Å². The summed E-state index contributed by atoms with van der Waals surface area (Å²) in [6.45, 7) is 2.20. The summed E-state index contributed by atoms with van der Waals surface area (Å²) < 4.78 is 0. The van der Waals surface area contributed by atoms with E-state index in [0.717, 1.165) is 5.56 Å². The standard InChI is InChI=1S/C22H22N2O2S/c1-16(25)18-10-6-11-19(14-18)23-22(26)21(17-8-4-3-5-9-17)24(2)15-20-12-7-13-27-20/h3-14,21H,15H2,1-2H3,(H,23,26)/t21-/m0/s1. The van der Waals surface area contributed by atoms with Gasteiger partial charge in [0.2, 0.25) is 5.91 Å². The van der Waals surface area contributed by atoms with Crippen LogP contribution < -0.4 is 5.32 Å². The number of nitrogens with one attached hydrogen (secondary N) is 1. The van der Waals surface area contributed by atoms with Crippen LogP contribution in [0.2, 0.25) is 0 Å². The predicted molar refractivity (Wildman–Crippen MR) is 110 cm³/mol. The Labute approximate surface area is 163 Å². The summed E-state index contributed by atoms with van der Waals surface area (Å²) in [6.07, 6.45) is 0. The van der Waals surface area contributed by atoms with Gasteiger partial charge in [0.25, 0.3) is 0 Å². The Balaban J connectivity index is 1.84. The molecule has 1 heterocycles. The fourth-order valence-electron chi connectivity index (χ4n) is 3.01. The topological polar surface area (TPSA) is 49.4 Å². The van der Waals surface area contributed by atoms with Crippen LogP contribution >= 0.6 is 11.3 Å². The number of nitrogens with zero attached hydrogens (tertiary/aromatic N) is 1. The molecule has 0 fully saturated rings. The van der Waals surface area contributed by atoms with E-state index in [-0.39, 0.29) is 11.7 Å². The number of ketones is 1. The van der Waals surface area contributed by atoms with E-state index in [1.807, 2.05) is 53.7 Å². The number of anilines is 1. The van der Waals surface area contributed by atoms with Gasteiger partial charge in [-0.15, -0.1) is 11.3 Å². The first kappa shape index (κ1) is 19.0. The maximum Gasteiger partial charge on any atom is 0.246 e. The maximum atomic E-state index is 13.1. The summed E-state index contributed by atoms with van der Waals surface area (Å²) in [6, 6.07) is 20.4. The average Bonchev–Trinajstić information content (AvgIpc) is 3.16. The zero-order valence-electron chi connectivity index (χ0n) is 15.4. The van der Waals surface area contributed by atoms with Crippen molar-refractivity contribution in [1.82, 2.24) is 4.90 Å². The van der Waals surface area contributed by atoms with Gasteiger partial charge < -0.3 is 5.32 Å². The van der Waals surface area contributed by atoms with Crippen molar-refractivity contribution in [2.75, 3.05) is 12.4 Å². The number of carbonyl (C=O) groups excluding carboxylic acids is 2. The minimum Gasteiger partial charge on any atom is -0.324 e. The fraction of sp³-hybridized carbons (Fsp3) is 0.182. The zero-order valence-corrected chi connectivity index (χ0v) is 16.2. The molecule has 138 valence electrons. The maximum absolute atomic E-state index is 13.1. The van der Waals surface area contributed by atoms with E-state index in [2.05, 4.69) is 11.4 Å². The summed E-state index contributed by atoms with van der Waals surface area (Å²) >= 11 is 1.67. The predicted octanol–water partition coefficient (Wildman–Crippen LogP) is 4.76. The van der Waals surface area contributed by atoms with Crippen LogP contribution in [0.1, 0.15) is 33.8 Å². The van der Waals surface area contributed by atoms with E-state index in [1.165, 1.54) is 11.8 Å². The Morgan fingerprint density at radius 2 is 1.81 bits per heavy atom. The third-order valence-electron chi connectivity index (χ3n) is 4.33. The van der Waals surface area contributed by atoms with Gasteiger partial charge in [0.15, 0.2) is 5.78 Å². The van der Waals surface area contributed by atoms with E-state index >= 15 is 0 Å². The molecule has 0 radical (unpaired) electrons. The molecular formula is C22H22N2O2S. The Morgan fingerprint density at radius 3 is 2.48 bits per heavy atom. The number of hydrogen-bond donors (Lipinski definition) is 1. The van der Waals surface area contributed by atoms with E-state index in [9.17, 15) is 9.59 Å². The number of carbonyl (C=O) groups is 2. The van der Waals surface area contributed by atoms with Crippen LogP contribution in [0.25, 0.3) is 0 Å². The van der Waals surface area contributed by atoms with Gasteiger partial charge in [-0.1, -0.05) is 48.5 Å². The van der Waals surface area contributed by atoms with Gasteiger partial charge in [-0.05, 0) is 43.1 Å². The average molecular weight is 378 g/mol. The number of likely N-dealkylation sites (N-methyl/N-ethyl adjacent to an activating group) is 1. The Bertz CT molecular complexity index is 907. The van der Waals surface area contributed by atoms with Crippen LogP contribution in [0.3, 0.4) is 0 Å². The lowest BCUT2D eigenvalue weighted by Crippen LogP contribution is -2.34. The van der Waals surface area contributed by atoms with Crippen LogP contribution in [0.15, 0.2) is 72.1 Å². The largest absolute Gasteiger partial charge is 0.324 e. The van der Waals surface area contributed by atoms with E-state index in [1.54, 1.807) is 35.6 Å². The molecule has 2 aromatic carbocycles. The number of Topliss-reactive ketones (excluding diaryl/α,β-unsaturated/α-hetero) is 1. The second kappa shape index (κ2) is 8.75. The summed E-state index contributed by atoms with van der Waals surface area (Å²) in [5.41, 5.74) is 2.13. The molecule has 0 unspecified atom stereocenters. The molecule has 0 saturated heterocycles. The zero-order chi connectivity index (χ0) is 19.2. The van der Waals surface area contributed by atoms with Crippen molar-refractivity contribution in [3.8, 4) is 0 Å². The molecule has 4 nitrogen and oxygen atoms in total. The molecular weight excluding hydrogens is 356 g/mol. The number of rotatable bonds is 7. The van der Waals surface area contributed by atoms with Crippen LogP contribution in [-0.2, 0) is 11.3 Å². The van der Waals surface area contributed by atoms with Crippen LogP contribution in [0, 0.1) is 0 Å². The van der Waals surface area contributed by atoms with Crippen molar-refractivity contribution in [1.29, 1.82) is 0 Å². The normalized spacial score (nSPS) is 12.0. The lowest BCUT2D eigenvalue weighted by atomic mass is 10.0. The minimum atomic E-state index is -0.436. The Kier molecular flexibility index (Phi) is 6.16. The SMILES string of the molecule is CC(=O)c1cccc(NC(=O)[C@H](c2ccccc2)N(C)Cc2cccs2)c1. The molecule has 3 aromatic rings. The summed E-state index contributed by atoms with van der Waals surface area (Å²) in [7, 11) is 1.95. The monoisotopic (exact) mass is 378 g/mol. The van der Waals surface area contributed by atoms with E-state index in [0.29, 0.717) is 17.8 Å². The number of amides is 1. The fourth-order valence-corrected chi connectivity index (χ4v) is 3.77. The van der Waals surface area contributed by atoms with Gasteiger partial charge in [0.1, 0.15) is 6.04 Å². The van der Waals surface area contributed by atoms with Crippen LogP contribution in [-0.4, -0.2) is 23.6 Å². The van der Waals surface area contributed by atoms with Crippen molar-refractivity contribution in [2.45, 2.75) is 19.5 Å². The summed E-state index contributed by atoms with van der Waals surface area (Å²) in [5, 5.41) is 5.00. The molecule has 1 N–H and O–H groups in total. The first-order chi connectivity index (χ1) is 13.0. The molecule has 27 heavy (non-hydrogen) atoms. The van der Waals surface area contributed by atoms with Crippen LogP contribution in [0.4, 0.5) is 5.69 Å². The summed E-state index contributed by atoms with van der Waals surface area (Å²) in [5.74, 6) is -0.151. The molecule has 5 heteroatoms. The highest BCUT2D eigenvalue weighted by atomic mass is 32.1. The molecule has 1 amide bonds. The van der Waals surface area contributed by atoms with Crippen molar-refractivity contribution in [3.05, 3.63) is 88.1 Å². The highest BCUT2D eigenvalue weighted by Gasteiger charge is 2.25. The third kappa shape index (κ3) is 4.90. The molecule has 0 spiro atoms. The Morgan fingerprint density at radius 1 is 1.04 bits per heavy atom. The lowest BCUT2D eigenvalue weighted by molar-refractivity contribution is -0.121. The molecule has 1 aromatic heterocycles. The second-order valence-electron chi connectivity index (χ2n) is 6.43. The van der Waals surface area contributed by atoms with Crippen molar-refractivity contribution < 1.29 is 9.59 Å². The van der Waals surface area contributed by atoms with Crippen molar-refractivity contribution in [3.63, 3.8) is 0 Å². The van der Waals surface area contributed by atoms with Gasteiger partial charge >= 0.3 is 0 Å². The smallest absolute Gasteiger partial charge is 0.246 e. The molecule has 1 atom stereocenters. The van der Waals surface area contributed by atoms with Gasteiger partial charge in [-0.3, -0.25) is 14.5 Å². The first-order valence-corrected chi connectivity index (χ1v) is 9.62. The third-order valence-corrected chi connectivity index (χ3v) is 5.19. The first-order valence-electron chi connectivity index (χ1n) is 8.74. The van der Waals surface area contributed by atoms with Crippen LogP contribution in [0.5, 0.6) is 0 Å². The van der Waals surface area contributed by atoms with Gasteiger partial charge in [0.05, 0.1) is 0 Å². The van der Waals surface area contributed by atoms with Gasteiger partial charge in [0, 0.05) is 22.7 Å². The van der Waals surface area contributed by atoms with Crippen molar-refractivity contribution in [2.24, 2.45) is 0 Å². The highest BCUT2D eigenvalue weighted by molar-refractivity contribution is 7.09. The molecule has 0 aliphatic carbocycles. The lowest BCUT2D eigenvalue weighted by Gasteiger charge is -2.27. The number of hydrogen-bond acceptors (Lipinski definition) is 4. The molecule has 3 rings (SSSR count). The Hall–Kier alpha value is -2.76. The second-order valence-corrected chi connectivity index (χ2v) is 7.47. The highest BCUT2D eigenvalue weighted by Crippen LogP contribution is 2.25. The number of benzene rings is 2.